The summed E-state index contributed by atoms with van der Waals surface area (Å²) in [6.07, 6.45) is 0. The van der Waals surface area contributed by atoms with E-state index in [0.29, 0.717) is 23.7 Å². The number of rotatable bonds is 4. The Kier molecular flexibility index (Phi) is 4.03. The highest BCUT2D eigenvalue weighted by Crippen LogP contribution is 2.52. The van der Waals surface area contributed by atoms with Gasteiger partial charge in [-0.1, -0.05) is 12.1 Å². The average Bonchev–Trinajstić information content (AvgIpc) is 3.00. The van der Waals surface area contributed by atoms with E-state index in [2.05, 4.69) is 9.97 Å². The Hall–Kier alpha value is -3.07. The minimum absolute atomic E-state index is 0.0305. The summed E-state index contributed by atoms with van der Waals surface area (Å²) < 4.78 is 11.2. The molecule has 0 saturated carbocycles. The zero-order chi connectivity index (χ0) is 19.2. The number of aliphatic carboxylic acids is 1. The molecule has 1 aromatic carbocycles. The number of methoxy groups -OCH3 is 1. The molecule has 4 rings (SSSR count). The predicted molar refractivity (Wildman–Crippen MR) is 94.3 cm³/mol. The molecule has 2 atom stereocenters. The van der Waals surface area contributed by atoms with E-state index in [1.807, 2.05) is 17.0 Å². The number of carboxylic acids is 1. The van der Waals surface area contributed by atoms with Crippen LogP contribution in [-0.4, -0.2) is 52.7 Å². The monoisotopic (exact) mass is 373 g/mol. The van der Waals surface area contributed by atoms with Crippen molar-refractivity contribution in [2.75, 3.05) is 26.8 Å². The number of hydrogen-bond donors (Lipinski definition) is 3. The molecule has 3 N–H and O–H groups in total. The third-order valence-corrected chi connectivity index (χ3v) is 5.33. The number of nitrogens with one attached hydrogen (secondary N) is 2. The number of nitrogens with zero attached hydrogens (tertiary/aromatic N) is 1. The summed E-state index contributed by atoms with van der Waals surface area (Å²) >= 11 is 0. The molecule has 2 aliphatic rings. The molecule has 27 heavy (non-hydrogen) atoms. The number of fused-ring (bicyclic) bond motifs is 3. The fourth-order valence-corrected chi connectivity index (χ4v) is 4.12. The lowest BCUT2D eigenvalue weighted by molar-refractivity contribution is -0.152. The lowest BCUT2D eigenvalue weighted by Gasteiger charge is -2.36. The number of ether oxygens (including phenoxy) is 2. The number of benzene rings is 1. The Morgan fingerprint density at radius 1 is 1.41 bits per heavy atom. The number of aromatic amines is 2. The standard InChI is InChI=1S/C18H19N3O6/c1-26-13-4-2-3-11-12-7-21(6-10-5-14(22)20-17(25)19-10)8-18(12,16(23)24)9-27-15(11)13/h2-5,12H,6-9H2,1H3,(H,23,24)(H2,19,20,22,25)/t12-,18-/m1/s1. The number of likely N-dealkylation sites (tertiary alicyclic amines) is 1. The van der Waals surface area contributed by atoms with Crippen molar-refractivity contribution in [1.82, 2.24) is 14.9 Å². The van der Waals surface area contributed by atoms with Gasteiger partial charge in [-0.3, -0.25) is 19.5 Å². The lowest BCUT2D eigenvalue weighted by Crippen LogP contribution is -2.45. The van der Waals surface area contributed by atoms with Gasteiger partial charge in [0.1, 0.15) is 12.0 Å². The molecule has 2 aromatic rings. The van der Waals surface area contributed by atoms with Crippen molar-refractivity contribution in [1.29, 1.82) is 0 Å². The maximum absolute atomic E-state index is 12.2. The Bertz CT molecular complexity index is 984. The molecule has 0 spiro atoms. The Morgan fingerprint density at radius 2 is 2.22 bits per heavy atom. The van der Waals surface area contributed by atoms with Crippen molar-refractivity contribution in [3.8, 4) is 11.5 Å². The first-order valence-electron chi connectivity index (χ1n) is 8.51. The third kappa shape index (κ3) is 2.80. The molecule has 9 nitrogen and oxygen atoms in total. The maximum atomic E-state index is 12.2. The molecular formula is C18H19N3O6. The average molecular weight is 373 g/mol. The van der Waals surface area contributed by atoms with Gasteiger partial charge in [0, 0.05) is 42.9 Å². The summed E-state index contributed by atoms with van der Waals surface area (Å²) in [6, 6.07) is 6.76. The molecule has 1 aromatic heterocycles. The van der Waals surface area contributed by atoms with Gasteiger partial charge in [0.2, 0.25) is 0 Å². The Labute approximate surface area is 153 Å². The van der Waals surface area contributed by atoms with Gasteiger partial charge in [-0.2, -0.15) is 0 Å². The quantitative estimate of drug-likeness (QED) is 0.696. The SMILES string of the molecule is COc1cccc2c1OC[C@]1(C(=O)O)CN(Cc3cc(=O)[nH]c(=O)[nH]3)C[C@H]21. The molecule has 0 bridgehead atoms. The van der Waals surface area contributed by atoms with E-state index in [9.17, 15) is 19.5 Å². The second kappa shape index (κ2) is 6.27. The van der Waals surface area contributed by atoms with E-state index in [-0.39, 0.29) is 25.6 Å². The third-order valence-electron chi connectivity index (χ3n) is 5.33. The summed E-state index contributed by atoms with van der Waals surface area (Å²) in [6.45, 7) is 1.01. The van der Waals surface area contributed by atoms with Gasteiger partial charge in [-0.05, 0) is 6.07 Å². The first-order valence-corrected chi connectivity index (χ1v) is 8.51. The highest BCUT2D eigenvalue weighted by molar-refractivity contribution is 5.79. The second-order valence-corrected chi connectivity index (χ2v) is 6.96. The fraction of sp³-hybridized carbons (Fsp3) is 0.389. The number of aromatic nitrogens is 2. The summed E-state index contributed by atoms with van der Waals surface area (Å²) in [5.74, 6) is -0.0670. The topological polar surface area (TPSA) is 125 Å². The van der Waals surface area contributed by atoms with Gasteiger partial charge in [0.05, 0.1) is 7.11 Å². The molecule has 0 unspecified atom stereocenters. The molecule has 1 fully saturated rings. The van der Waals surface area contributed by atoms with Gasteiger partial charge >= 0.3 is 11.7 Å². The molecule has 0 aliphatic carbocycles. The van der Waals surface area contributed by atoms with E-state index in [1.54, 1.807) is 13.2 Å². The molecule has 0 amide bonds. The zero-order valence-corrected chi connectivity index (χ0v) is 14.7. The molecule has 1 saturated heterocycles. The van der Waals surface area contributed by atoms with Crippen LogP contribution in [0.4, 0.5) is 0 Å². The van der Waals surface area contributed by atoms with Crippen LogP contribution in [0.1, 0.15) is 17.2 Å². The van der Waals surface area contributed by atoms with Crippen LogP contribution in [-0.2, 0) is 11.3 Å². The Morgan fingerprint density at radius 3 is 2.93 bits per heavy atom. The van der Waals surface area contributed by atoms with Crippen molar-refractivity contribution in [3.63, 3.8) is 0 Å². The van der Waals surface area contributed by atoms with Gasteiger partial charge in [0.25, 0.3) is 5.56 Å². The van der Waals surface area contributed by atoms with E-state index >= 15 is 0 Å². The molecule has 9 heteroatoms. The predicted octanol–water partition coefficient (Wildman–Crippen LogP) is 0.135. The van der Waals surface area contributed by atoms with Crippen molar-refractivity contribution < 1.29 is 19.4 Å². The minimum Gasteiger partial charge on any atom is -0.493 e. The minimum atomic E-state index is -1.10. The number of para-hydroxylation sites is 1. The van der Waals surface area contributed by atoms with E-state index in [1.165, 1.54) is 6.07 Å². The van der Waals surface area contributed by atoms with Crippen LogP contribution in [0.3, 0.4) is 0 Å². The summed E-state index contributed by atoms with van der Waals surface area (Å²) in [7, 11) is 1.54. The first kappa shape index (κ1) is 17.3. The first-order chi connectivity index (χ1) is 12.9. The van der Waals surface area contributed by atoms with Crippen molar-refractivity contribution in [2.45, 2.75) is 12.5 Å². The Balaban J connectivity index is 1.70. The molecule has 3 heterocycles. The molecule has 0 radical (unpaired) electrons. The van der Waals surface area contributed by atoms with Gasteiger partial charge in [-0.25, -0.2) is 4.79 Å². The van der Waals surface area contributed by atoms with Crippen LogP contribution in [0.5, 0.6) is 11.5 Å². The smallest absolute Gasteiger partial charge is 0.325 e. The van der Waals surface area contributed by atoms with Gasteiger partial charge in [-0.15, -0.1) is 0 Å². The van der Waals surface area contributed by atoms with Crippen molar-refractivity contribution >= 4 is 5.97 Å². The number of carboxylic acid groups (broad SMARTS) is 1. The molecular weight excluding hydrogens is 354 g/mol. The van der Waals surface area contributed by atoms with Crippen LogP contribution in [0.15, 0.2) is 33.9 Å². The lowest BCUT2D eigenvalue weighted by atomic mass is 9.73. The zero-order valence-electron chi connectivity index (χ0n) is 14.7. The number of carbonyl (C=O) groups is 1. The summed E-state index contributed by atoms with van der Waals surface area (Å²) in [5, 5.41) is 9.97. The van der Waals surface area contributed by atoms with E-state index in [4.69, 9.17) is 9.47 Å². The molecule has 2 aliphatic heterocycles. The number of H-pyrrole nitrogens is 2. The number of hydrogen-bond acceptors (Lipinski definition) is 6. The highest BCUT2D eigenvalue weighted by atomic mass is 16.5. The fourth-order valence-electron chi connectivity index (χ4n) is 4.12. The van der Waals surface area contributed by atoms with Gasteiger partial charge < -0.3 is 19.6 Å². The summed E-state index contributed by atoms with van der Waals surface area (Å²) in [4.78, 5) is 41.8. The highest BCUT2D eigenvalue weighted by Gasteiger charge is 2.56. The second-order valence-electron chi connectivity index (χ2n) is 6.96. The van der Waals surface area contributed by atoms with Crippen molar-refractivity contribution in [3.05, 3.63) is 56.4 Å². The van der Waals surface area contributed by atoms with Crippen LogP contribution in [0.25, 0.3) is 0 Å². The normalized spacial score (nSPS) is 24.0. The van der Waals surface area contributed by atoms with E-state index < -0.39 is 22.6 Å². The summed E-state index contributed by atoms with van der Waals surface area (Å²) in [5.41, 5.74) is -0.933. The van der Waals surface area contributed by atoms with Crippen LogP contribution in [0.2, 0.25) is 0 Å². The largest absolute Gasteiger partial charge is 0.493 e. The molecule has 142 valence electrons. The van der Waals surface area contributed by atoms with Crippen LogP contribution >= 0.6 is 0 Å². The van der Waals surface area contributed by atoms with Crippen molar-refractivity contribution in [2.24, 2.45) is 5.41 Å². The van der Waals surface area contributed by atoms with Crippen LogP contribution in [0, 0.1) is 5.41 Å². The van der Waals surface area contributed by atoms with Crippen LogP contribution < -0.4 is 20.7 Å². The van der Waals surface area contributed by atoms with Gasteiger partial charge in [0.15, 0.2) is 11.5 Å². The maximum Gasteiger partial charge on any atom is 0.325 e. The van der Waals surface area contributed by atoms with E-state index in [0.717, 1.165) is 5.56 Å².